The number of nitriles is 1. The molecule has 1 fully saturated rings. The number of carbonyl (C=O) groups is 1. The van der Waals surface area contributed by atoms with Gasteiger partial charge in [0.05, 0.1) is 35.4 Å². The molecule has 1 N–H and O–H groups in total. The van der Waals surface area contributed by atoms with Gasteiger partial charge in [0.1, 0.15) is 11.5 Å². The minimum atomic E-state index is -0.258. The van der Waals surface area contributed by atoms with Gasteiger partial charge in [0.25, 0.3) is 5.91 Å². The monoisotopic (exact) mass is 536 g/mol. The van der Waals surface area contributed by atoms with Crippen LogP contribution in [-0.4, -0.2) is 57.2 Å². The molecule has 40 heavy (non-hydrogen) atoms. The van der Waals surface area contributed by atoms with Gasteiger partial charge in [-0.05, 0) is 50.2 Å². The molecule has 0 radical (unpaired) electrons. The second-order valence-corrected chi connectivity index (χ2v) is 9.87. The standard InChI is InChI=1S/C32H32N4O4/c1-22-29(37)25-10-6-11-26(31(25)40-30(22)24-8-4-3-5-9-24)32(38)34-14-7-15-35-16-18-36(19-17-35)27-20-23(21-33)12-13-28(27)39-2/h3-6,8-13,20H,7,14-19H2,1-2H3,(H,34,38). The van der Waals surface area contributed by atoms with Crippen LogP contribution in [0.4, 0.5) is 5.69 Å². The van der Waals surface area contributed by atoms with E-state index in [-0.39, 0.29) is 11.3 Å². The Morgan fingerprint density at radius 1 is 1.05 bits per heavy atom. The molecule has 3 aromatic carbocycles. The van der Waals surface area contributed by atoms with Crippen LogP contribution < -0.4 is 20.4 Å². The van der Waals surface area contributed by atoms with E-state index in [0.717, 1.165) is 56.1 Å². The molecular formula is C32H32N4O4. The molecule has 1 aliphatic rings. The molecule has 1 aromatic heterocycles. The first-order chi connectivity index (χ1) is 19.5. The summed E-state index contributed by atoms with van der Waals surface area (Å²) in [4.78, 5) is 30.8. The van der Waals surface area contributed by atoms with Crippen molar-refractivity contribution in [3.05, 3.63) is 93.6 Å². The number of nitrogens with zero attached hydrogens (tertiary/aromatic N) is 3. The lowest BCUT2D eigenvalue weighted by molar-refractivity contribution is 0.0952. The van der Waals surface area contributed by atoms with Gasteiger partial charge >= 0.3 is 0 Å². The summed E-state index contributed by atoms with van der Waals surface area (Å²) in [7, 11) is 1.64. The molecule has 0 bridgehead atoms. The van der Waals surface area contributed by atoms with E-state index in [0.29, 0.717) is 40.0 Å². The fourth-order valence-electron chi connectivity index (χ4n) is 5.17. The Bertz CT molecular complexity index is 1620. The predicted molar refractivity (Wildman–Crippen MR) is 156 cm³/mol. The molecule has 2 heterocycles. The summed E-state index contributed by atoms with van der Waals surface area (Å²) in [6.45, 7) is 6.53. The van der Waals surface area contributed by atoms with E-state index >= 15 is 0 Å². The fraction of sp³-hybridized carbons (Fsp3) is 0.281. The van der Waals surface area contributed by atoms with Crippen LogP contribution in [0.3, 0.4) is 0 Å². The number of fused-ring (bicyclic) bond motifs is 1. The number of anilines is 1. The maximum Gasteiger partial charge on any atom is 0.255 e. The number of nitrogens with one attached hydrogen (secondary N) is 1. The normalized spacial score (nSPS) is 13.7. The second kappa shape index (κ2) is 12.1. The molecule has 1 saturated heterocycles. The highest BCUT2D eigenvalue weighted by molar-refractivity contribution is 6.05. The maximum atomic E-state index is 13.1. The molecule has 204 valence electrons. The third-order valence-corrected chi connectivity index (χ3v) is 7.38. The third-order valence-electron chi connectivity index (χ3n) is 7.38. The van der Waals surface area contributed by atoms with E-state index in [1.165, 1.54) is 0 Å². The zero-order valence-corrected chi connectivity index (χ0v) is 22.8. The molecule has 8 heteroatoms. The Morgan fingerprint density at radius 3 is 2.55 bits per heavy atom. The number of amides is 1. The lowest BCUT2D eigenvalue weighted by Gasteiger charge is -2.36. The van der Waals surface area contributed by atoms with Gasteiger partial charge in [-0.3, -0.25) is 14.5 Å². The van der Waals surface area contributed by atoms with E-state index in [9.17, 15) is 14.9 Å². The Hall–Kier alpha value is -4.61. The van der Waals surface area contributed by atoms with Crippen molar-refractivity contribution in [1.82, 2.24) is 10.2 Å². The van der Waals surface area contributed by atoms with Gasteiger partial charge in [0, 0.05) is 43.9 Å². The van der Waals surface area contributed by atoms with Crippen molar-refractivity contribution in [3.63, 3.8) is 0 Å². The van der Waals surface area contributed by atoms with Gasteiger partial charge in [0.2, 0.25) is 0 Å². The summed E-state index contributed by atoms with van der Waals surface area (Å²) < 4.78 is 11.7. The highest BCUT2D eigenvalue weighted by Crippen LogP contribution is 2.30. The van der Waals surface area contributed by atoms with Gasteiger partial charge in [0.15, 0.2) is 11.0 Å². The molecule has 8 nitrogen and oxygen atoms in total. The van der Waals surface area contributed by atoms with Crippen molar-refractivity contribution >= 4 is 22.6 Å². The van der Waals surface area contributed by atoms with Gasteiger partial charge in [-0.2, -0.15) is 5.26 Å². The molecular weight excluding hydrogens is 504 g/mol. The number of carbonyl (C=O) groups excluding carboxylic acids is 1. The number of hydrogen-bond acceptors (Lipinski definition) is 7. The highest BCUT2D eigenvalue weighted by atomic mass is 16.5. The van der Waals surface area contributed by atoms with E-state index in [1.807, 2.05) is 42.5 Å². The zero-order chi connectivity index (χ0) is 28.1. The summed E-state index contributed by atoms with van der Waals surface area (Å²) in [5.74, 6) is 0.992. The lowest BCUT2D eigenvalue weighted by Crippen LogP contribution is -2.47. The van der Waals surface area contributed by atoms with E-state index < -0.39 is 0 Å². The average Bonchev–Trinajstić information content (AvgIpc) is 3.01. The molecule has 0 spiro atoms. The number of para-hydroxylation sites is 1. The molecule has 4 aromatic rings. The Morgan fingerprint density at radius 2 is 1.82 bits per heavy atom. The van der Waals surface area contributed by atoms with Crippen molar-refractivity contribution in [2.75, 3.05) is 51.3 Å². The first-order valence-corrected chi connectivity index (χ1v) is 13.5. The SMILES string of the molecule is COc1ccc(C#N)cc1N1CCN(CCCNC(=O)c2cccc3c(=O)c(C)c(-c4ccccc4)oc23)CC1. The van der Waals surface area contributed by atoms with Gasteiger partial charge in [-0.1, -0.05) is 36.4 Å². The second-order valence-electron chi connectivity index (χ2n) is 9.87. The molecule has 0 aliphatic carbocycles. The van der Waals surface area contributed by atoms with Gasteiger partial charge in [-0.15, -0.1) is 0 Å². The van der Waals surface area contributed by atoms with Crippen molar-refractivity contribution in [2.24, 2.45) is 0 Å². The zero-order valence-electron chi connectivity index (χ0n) is 22.8. The summed E-state index contributed by atoms with van der Waals surface area (Å²) in [6.07, 6.45) is 0.794. The first-order valence-electron chi connectivity index (χ1n) is 13.5. The first kappa shape index (κ1) is 27.0. The van der Waals surface area contributed by atoms with Crippen LogP contribution in [-0.2, 0) is 0 Å². The number of hydrogen-bond donors (Lipinski definition) is 1. The third kappa shape index (κ3) is 5.56. The maximum absolute atomic E-state index is 13.1. The summed E-state index contributed by atoms with van der Waals surface area (Å²) in [5.41, 5.74) is 3.41. The predicted octanol–water partition coefficient (Wildman–Crippen LogP) is 4.59. The lowest BCUT2D eigenvalue weighted by atomic mass is 10.0. The number of rotatable bonds is 8. The van der Waals surface area contributed by atoms with Crippen molar-refractivity contribution in [2.45, 2.75) is 13.3 Å². The van der Waals surface area contributed by atoms with E-state index in [1.54, 1.807) is 38.3 Å². The van der Waals surface area contributed by atoms with Crippen molar-refractivity contribution in [3.8, 4) is 23.1 Å². The Labute approximate surface area is 233 Å². The number of methoxy groups -OCH3 is 1. The van der Waals surface area contributed by atoms with E-state index in [2.05, 4.69) is 21.2 Å². The van der Waals surface area contributed by atoms with Crippen LogP contribution in [0.1, 0.15) is 27.9 Å². The Balaban J connectivity index is 1.19. The summed E-state index contributed by atoms with van der Waals surface area (Å²) in [6, 6.07) is 22.3. The molecule has 0 saturated carbocycles. The topological polar surface area (TPSA) is 98.8 Å². The van der Waals surface area contributed by atoms with Gasteiger partial charge in [-0.25, -0.2) is 0 Å². The summed E-state index contributed by atoms with van der Waals surface area (Å²) in [5, 5.41) is 12.7. The molecule has 0 atom stereocenters. The van der Waals surface area contributed by atoms with Crippen LogP contribution >= 0.6 is 0 Å². The molecule has 5 rings (SSSR count). The quantitative estimate of drug-likeness (QED) is 0.329. The average molecular weight is 537 g/mol. The van der Waals surface area contributed by atoms with Crippen molar-refractivity contribution < 1.29 is 13.9 Å². The fourth-order valence-corrected chi connectivity index (χ4v) is 5.17. The number of benzene rings is 3. The van der Waals surface area contributed by atoms with Crippen LogP contribution in [0.5, 0.6) is 5.75 Å². The molecule has 1 aliphatic heterocycles. The highest BCUT2D eigenvalue weighted by Gasteiger charge is 2.21. The summed E-state index contributed by atoms with van der Waals surface area (Å²) >= 11 is 0. The van der Waals surface area contributed by atoms with Crippen LogP contribution in [0.15, 0.2) is 75.9 Å². The minimum absolute atomic E-state index is 0.133. The molecule has 1 amide bonds. The van der Waals surface area contributed by atoms with Crippen LogP contribution in [0.25, 0.3) is 22.3 Å². The van der Waals surface area contributed by atoms with E-state index in [4.69, 9.17) is 9.15 Å². The van der Waals surface area contributed by atoms with Crippen molar-refractivity contribution in [1.29, 1.82) is 5.26 Å². The minimum Gasteiger partial charge on any atom is -0.495 e. The smallest absolute Gasteiger partial charge is 0.255 e. The largest absolute Gasteiger partial charge is 0.495 e. The molecule has 0 unspecified atom stereocenters. The van der Waals surface area contributed by atoms with Crippen LogP contribution in [0, 0.1) is 18.3 Å². The van der Waals surface area contributed by atoms with Gasteiger partial charge < -0.3 is 19.4 Å². The Kier molecular flexibility index (Phi) is 8.13. The van der Waals surface area contributed by atoms with Crippen LogP contribution in [0.2, 0.25) is 0 Å². The number of piperazine rings is 1. The number of ether oxygens (including phenoxy) is 1.